The molecule has 0 N–H and O–H groups in total. The molecule has 3 nitrogen and oxygen atoms in total. The second kappa shape index (κ2) is 10.5. The third kappa shape index (κ3) is 6.11. The van der Waals surface area contributed by atoms with Crippen molar-refractivity contribution < 1.29 is 40.2 Å². The van der Waals surface area contributed by atoms with Crippen molar-refractivity contribution in [2.45, 2.75) is 51.1 Å². The quantitative estimate of drug-likeness (QED) is 0.275. The van der Waals surface area contributed by atoms with Gasteiger partial charge in [-0.3, -0.25) is 0 Å². The maximum atomic E-state index is 13.5. The van der Waals surface area contributed by atoms with Crippen molar-refractivity contribution in [3.05, 3.63) is 77.9 Å². The Hall–Kier alpha value is -3.43. The predicted octanol–water partition coefficient (Wildman–Crippen LogP) is 8.39. The zero-order valence-electron chi connectivity index (χ0n) is 19.7. The summed E-state index contributed by atoms with van der Waals surface area (Å²) in [7, 11) is 0. The minimum absolute atomic E-state index is 0.244. The molecule has 1 aliphatic heterocycles. The summed E-state index contributed by atoms with van der Waals surface area (Å²) in [5.41, 5.74) is 3.76. The van der Waals surface area contributed by atoms with Gasteiger partial charge in [0.25, 0.3) is 0 Å². The monoisotopic (exact) mass is 527 g/mol. The van der Waals surface area contributed by atoms with Crippen molar-refractivity contribution in [1.82, 2.24) is 0 Å². The number of benzene rings is 3. The van der Waals surface area contributed by atoms with E-state index in [4.69, 9.17) is 0 Å². The van der Waals surface area contributed by atoms with Gasteiger partial charge < -0.3 is 14.4 Å². The fourth-order valence-corrected chi connectivity index (χ4v) is 4.69. The number of ether oxygens (including phenoxy) is 2. The number of fused-ring (bicyclic) bond motifs is 1. The second-order valence-electron chi connectivity index (χ2n) is 8.66. The maximum Gasteiger partial charge on any atom is 0.573 e. The van der Waals surface area contributed by atoms with Gasteiger partial charge in [-0.2, -0.15) is 17.6 Å². The first-order valence-electron chi connectivity index (χ1n) is 11.7. The first-order chi connectivity index (χ1) is 17.5. The highest BCUT2D eigenvalue weighted by atomic mass is 19.4. The van der Waals surface area contributed by atoms with E-state index in [2.05, 4.69) is 14.4 Å². The largest absolute Gasteiger partial charge is 0.573 e. The molecule has 3 aromatic carbocycles. The van der Waals surface area contributed by atoms with Gasteiger partial charge in [0.05, 0.1) is 6.04 Å². The lowest BCUT2D eigenvalue weighted by molar-refractivity contribution is -0.274. The van der Waals surface area contributed by atoms with Crippen LogP contribution in [0.3, 0.4) is 0 Å². The van der Waals surface area contributed by atoms with Crippen molar-refractivity contribution >= 4 is 5.69 Å². The van der Waals surface area contributed by atoms with Gasteiger partial charge in [0.2, 0.25) is 0 Å². The van der Waals surface area contributed by atoms with Crippen LogP contribution in [-0.2, 0) is 6.42 Å². The molecule has 37 heavy (non-hydrogen) atoms. The molecule has 0 saturated carbocycles. The first-order valence-corrected chi connectivity index (χ1v) is 11.7. The van der Waals surface area contributed by atoms with Crippen LogP contribution < -0.4 is 14.4 Å². The molecule has 0 radical (unpaired) electrons. The Balaban J connectivity index is 1.68. The normalized spacial score (nSPS) is 16.0. The van der Waals surface area contributed by atoms with Crippen LogP contribution in [0.1, 0.15) is 36.9 Å². The smallest absolute Gasteiger partial charge is 0.428 e. The zero-order chi connectivity index (χ0) is 26.8. The van der Waals surface area contributed by atoms with Gasteiger partial charge in [-0.15, -0.1) is 13.2 Å². The lowest BCUT2D eigenvalue weighted by atomic mass is 9.86. The SMILES string of the molecule is CCCN1c2cccc(-c3cccc(OC(F)(F)F)c3)c2CC[C@@H]1c1cccc(OC(F)(F)C(F)F)c1. The Morgan fingerprint density at radius 3 is 2.24 bits per heavy atom. The average molecular weight is 527 g/mol. The number of alkyl halides is 7. The fraction of sp³-hybridized carbons (Fsp3) is 0.333. The van der Waals surface area contributed by atoms with E-state index in [9.17, 15) is 30.7 Å². The highest BCUT2D eigenvalue weighted by molar-refractivity contribution is 5.76. The van der Waals surface area contributed by atoms with E-state index in [-0.39, 0.29) is 17.5 Å². The topological polar surface area (TPSA) is 21.7 Å². The Morgan fingerprint density at radius 1 is 0.892 bits per heavy atom. The number of hydrogen-bond donors (Lipinski definition) is 0. The minimum Gasteiger partial charge on any atom is -0.428 e. The van der Waals surface area contributed by atoms with E-state index < -0.39 is 18.9 Å². The third-order valence-electron chi connectivity index (χ3n) is 6.10. The molecule has 0 aliphatic carbocycles. The molecule has 1 atom stereocenters. The molecular weight excluding hydrogens is 503 g/mol. The maximum absolute atomic E-state index is 13.5. The molecule has 10 heteroatoms. The summed E-state index contributed by atoms with van der Waals surface area (Å²) in [6.45, 7) is 2.59. The number of anilines is 1. The molecular formula is C27H24F7NO2. The van der Waals surface area contributed by atoms with Gasteiger partial charge in [0.1, 0.15) is 11.5 Å². The highest BCUT2D eigenvalue weighted by Crippen LogP contribution is 2.44. The van der Waals surface area contributed by atoms with Gasteiger partial charge in [-0.25, -0.2) is 0 Å². The van der Waals surface area contributed by atoms with E-state index in [1.54, 1.807) is 18.2 Å². The van der Waals surface area contributed by atoms with Crippen molar-refractivity contribution in [3.8, 4) is 22.6 Å². The van der Waals surface area contributed by atoms with E-state index in [1.165, 1.54) is 36.4 Å². The lowest BCUT2D eigenvalue weighted by Gasteiger charge is -2.40. The van der Waals surface area contributed by atoms with Gasteiger partial charge in [-0.1, -0.05) is 43.3 Å². The molecule has 0 unspecified atom stereocenters. The Bertz CT molecular complexity index is 1230. The van der Waals surface area contributed by atoms with Crippen LogP contribution in [0.2, 0.25) is 0 Å². The van der Waals surface area contributed by atoms with Gasteiger partial charge >= 0.3 is 18.9 Å². The van der Waals surface area contributed by atoms with E-state index in [1.807, 2.05) is 19.1 Å². The molecule has 0 amide bonds. The molecule has 0 fully saturated rings. The number of hydrogen-bond acceptors (Lipinski definition) is 3. The number of halogens is 7. The summed E-state index contributed by atoms with van der Waals surface area (Å²) >= 11 is 0. The van der Waals surface area contributed by atoms with E-state index in [0.29, 0.717) is 30.5 Å². The average Bonchev–Trinajstić information content (AvgIpc) is 2.83. The summed E-state index contributed by atoms with van der Waals surface area (Å²) in [6, 6.07) is 16.8. The lowest BCUT2D eigenvalue weighted by Crippen LogP contribution is -2.35. The molecule has 4 rings (SSSR count). The number of rotatable bonds is 8. The van der Waals surface area contributed by atoms with Crippen molar-refractivity contribution in [1.29, 1.82) is 0 Å². The van der Waals surface area contributed by atoms with Crippen LogP contribution >= 0.6 is 0 Å². The molecule has 1 aliphatic rings. The molecule has 0 spiro atoms. The molecule has 3 aromatic rings. The minimum atomic E-state index is -4.81. The van der Waals surface area contributed by atoms with Crippen molar-refractivity contribution in [2.75, 3.05) is 11.4 Å². The highest BCUT2D eigenvalue weighted by Gasteiger charge is 2.44. The summed E-state index contributed by atoms with van der Waals surface area (Å²) in [5.74, 6) is -0.681. The molecule has 198 valence electrons. The second-order valence-corrected chi connectivity index (χ2v) is 8.66. The van der Waals surface area contributed by atoms with Crippen LogP contribution in [0.25, 0.3) is 11.1 Å². The van der Waals surface area contributed by atoms with E-state index >= 15 is 0 Å². The third-order valence-corrected chi connectivity index (χ3v) is 6.10. The van der Waals surface area contributed by atoms with Crippen LogP contribution in [0.15, 0.2) is 66.7 Å². The van der Waals surface area contributed by atoms with Crippen LogP contribution in [0.4, 0.5) is 36.4 Å². The summed E-state index contributed by atoms with van der Waals surface area (Å²) in [5, 5.41) is 0. The molecule has 0 saturated heterocycles. The zero-order valence-corrected chi connectivity index (χ0v) is 19.7. The summed E-state index contributed by atoms with van der Waals surface area (Å²) < 4.78 is 98.7. The fourth-order valence-electron chi connectivity index (χ4n) is 4.69. The predicted molar refractivity (Wildman–Crippen MR) is 125 cm³/mol. The summed E-state index contributed by atoms with van der Waals surface area (Å²) in [6.07, 6.45) is -11.5. The number of nitrogens with zero attached hydrogens (tertiary/aromatic N) is 1. The van der Waals surface area contributed by atoms with Crippen molar-refractivity contribution in [3.63, 3.8) is 0 Å². The van der Waals surface area contributed by atoms with Crippen LogP contribution in [0.5, 0.6) is 11.5 Å². The van der Waals surface area contributed by atoms with Gasteiger partial charge in [0, 0.05) is 12.2 Å². The molecule has 0 bridgehead atoms. The first kappa shape index (κ1) is 26.6. The Labute approximate surface area is 209 Å². The standard InChI is InChI=1S/C27H24F7NO2/c1-2-14-35-23(18-7-4-8-19(16-18)36-26(30,31)25(28)29)13-12-22-21(10-5-11-24(22)35)17-6-3-9-20(15-17)37-27(32,33)34/h3-11,15-16,23,25H,2,12-14H2,1H3/t23-/m1/s1. The van der Waals surface area contributed by atoms with E-state index in [0.717, 1.165) is 23.2 Å². The van der Waals surface area contributed by atoms with Gasteiger partial charge in [-0.05, 0) is 71.8 Å². The Kier molecular flexibility index (Phi) is 7.57. The van der Waals surface area contributed by atoms with Crippen LogP contribution in [0, 0.1) is 0 Å². The molecule has 1 heterocycles. The summed E-state index contributed by atoms with van der Waals surface area (Å²) in [4.78, 5) is 2.10. The van der Waals surface area contributed by atoms with Crippen molar-refractivity contribution in [2.24, 2.45) is 0 Å². The molecule has 0 aromatic heterocycles. The van der Waals surface area contributed by atoms with Crippen LogP contribution in [-0.4, -0.2) is 25.4 Å². The Morgan fingerprint density at radius 2 is 1.57 bits per heavy atom. The van der Waals surface area contributed by atoms with Gasteiger partial charge in [0.15, 0.2) is 0 Å².